The van der Waals surface area contributed by atoms with Crippen LogP contribution in [0.4, 0.5) is 5.69 Å². The second-order valence-electron chi connectivity index (χ2n) is 8.96. The molecule has 3 rings (SSSR count). The Balaban J connectivity index is 2.23. The van der Waals surface area contributed by atoms with Gasteiger partial charge in [-0.25, -0.2) is 15.0 Å². The van der Waals surface area contributed by atoms with Crippen molar-refractivity contribution in [3.63, 3.8) is 0 Å². The van der Waals surface area contributed by atoms with Crippen LogP contribution >= 0.6 is 0 Å². The molecule has 1 aromatic carbocycles. The molecule has 0 atom stereocenters. The van der Waals surface area contributed by atoms with Crippen LogP contribution in [0, 0.1) is 11.3 Å². The molecule has 0 radical (unpaired) electrons. The van der Waals surface area contributed by atoms with Gasteiger partial charge in [0.1, 0.15) is 11.6 Å². The highest BCUT2D eigenvalue weighted by atomic mass is 15.1. The lowest BCUT2D eigenvalue weighted by Gasteiger charge is -2.23. The molecule has 1 aromatic heterocycles. The van der Waals surface area contributed by atoms with Crippen LogP contribution in [0.5, 0.6) is 0 Å². The minimum Gasteiger partial charge on any atom is -0.361 e. The van der Waals surface area contributed by atoms with E-state index in [1.807, 2.05) is 18.2 Å². The van der Waals surface area contributed by atoms with Crippen molar-refractivity contribution in [2.24, 2.45) is 4.99 Å². The molecule has 28 heavy (non-hydrogen) atoms. The Hall–Kier alpha value is -3.07. The summed E-state index contributed by atoms with van der Waals surface area (Å²) in [6.45, 7) is 13.0. The van der Waals surface area contributed by atoms with Crippen molar-refractivity contribution in [1.29, 1.82) is 5.26 Å². The molecule has 2 aromatic rings. The van der Waals surface area contributed by atoms with E-state index in [0.717, 1.165) is 28.5 Å². The van der Waals surface area contributed by atoms with Gasteiger partial charge in [0.05, 0.1) is 18.2 Å². The highest BCUT2D eigenvalue weighted by Crippen LogP contribution is 2.31. The minimum atomic E-state index is -0.213. The average molecular weight is 374 g/mol. The van der Waals surface area contributed by atoms with E-state index < -0.39 is 0 Å². The molecule has 6 heteroatoms. The molecular formula is C22H26N6. The Labute approximate surface area is 166 Å². The van der Waals surface area contributed by atoms with Gasteiger partial charge in [0, 0.05) is 40.1 Å². The number of nitriles is 1. The first-order valence-corrected chi connectivity index (χ1v) is 9.35. The van der Waals surface area contributed by atoms with Gasteiger partial charge in [-0.3, -0.25) is 4.99 Å². The van der Waals surface area contributed by atoms with Gasteiger partial charge >= 0.3 is 0 Å². The number of fused-ring (bicyclic) bond motifs is 1. The van der Waals surface area contributed by atoms with Gasteiger partial charge in [0.15, 0.2) is 5.82 Å². The van der Waals surface area contributed by atoms with E-state index in [0.29, 0.717) is 17.9 Å². The summed E-state index contributed by atoms with van der Waals surface area (Å²) in [6.07, 6.45) is 5.36. The summed E-state index contributed by atoms with van der Waals surface area (Å²) in [5.74, 6) is 2.07. The minimum absolute atomic E-state index is 0.213. The molecule has 0 aliphatic carbocycles. The maximum absolute atomic E-state index is 9.69. The first kappa shape index (κ1) is 19.7. The predicted octanol–water partition coefficient (Wildman–Crippen LogP) is 4.52. The molecular weight excluding hydrogens is 348 g/mol. The number of benzene rings is 1. The van der Waals surface area contributed by atoms with Crippen LogP contribution in [0.3, 0.4) is 0 Å². The van der Waals surface area contributed by atoms with Gasteiger partial charge in [-0.05, 0) is 18.2 Å². The van der Waals surface area contributed by atoms with Gasteiger partial charge in [-0.15, -0.1) is 0 Å². The lowest BCUT2D eigenvalue weighted by molar-refractivity contribution is 0.497. The van der Waals surface area contributed by atoms with E-state index in [4.69, 9.17) is 15.0 Å². The maximum Gasteiger partial charge on any atom is 0.163 e. The summed E-state index contributed by atoms with van der Waals surface area (Å²) >= 11 is 0. The first-order valence-electron chi connectivity index (χ1n) is 9.35. The quantitative estimate of drug-likeness (QED) is 0.793. The zero-order valence-electron chi connectivity index (χ0n) is 17.3. The molecule has 0 saturated heterocycles. The van der Waals surface area contributed by atoms with E-state index in [9.17, 15) is 5.26 Å². The summed E-state index contributed by atoms with van der Waals surface area (Å²) in [4.78, 5) is 18.6. The maximum atomic E-state index is 9.69. The van der Waals surface area contributed by atoms with Crippen molar-refractivity contribution in [2.45, 2.75) is 58.9 Å². The monoisotopic (exact) mass is 374 g/mol. The molecule has 0 amide bonds. The van der Waals surface area contributed by atoms with Crippen LogP contribution in [0.2, 0.25) is 0 Å². The molecule has 1 N–H and O–H groups in total. The van der Waals surface area contributed by atoms with Crippen LogP contribution in [0.1, 0.15) is 64.3 Å². The molecule has 0 unspecified atom stereocenters. The zero-order valence-corrected chi connectivity index (χ0v) is 17.3. The highest BCUT2D eigenvalue weighted by Gasteiger charge is 2.26. The third kappa shape index (κ3) is 4.09. The van der Waals surface area contributed by atoms with Crippen molar-refractivity contribution in [3.05, 3.63) is 47.2 Å². The van der Waals surface area contributed by atoms with E-state index in [1.165, 1.54) is 0 Å². The number of nitrogens with one attached hydrogen (secondary N) is 1. The van der Waals surface area contributed by atoms with E-state index in [-0.39, 0.29) is 10.8 Å². The number of hydrogen-bond donors (Lipinski definition) is 1. The number of nitrogens with zero attached hydrogens (tertiary/aromatic N) is 5. The van der Waals surface area contributed by atoms with Crippen molar-refractivity contribution in [1.82, 2.24) is 15.0 Å². The van der Waals surface area contributed by atoms with E-state index in [2.05, 4.69) is 57.9 Å². The lowest BCUT2D eigenvalue weighted by atomic mass is 9.92. The Morgan fingerprint density at radius 2 is 1.61 bits per heavy atom. The molecule has 1 aliphatic rings. The van der Waals surface area contributed by atoms with E-state index >= 15 is 0 Å². The molecule has 2 heterocycles. The Bertz CT molecular complexity index is 965. The highest BCUT2D eigenvalue weighted by molar-refractivity contribution is 5.76. The molecule has 0 fully saturated rings. The SMILES string of the molecule is CC(C)(C)c1nc(-c2cc(C#N)c3c(c2)N/C=C\C=NC3)nc(C(C)(C)C)n1. The number of rotatable bonds is 1. The number of hydrogen-bond acceptors (Lipinski definition) is 6. The third-order valence-corrected chi connectivity index (χ3v) is 4.38. The van der Waals surface area contributed by atoms with Crippen LogP contribution in [0.15, 0.2) is 29.4 Å². The fourth-order valence-electron chi connectivity index (χ4n) is 2.76. The lowest BCUT2D eigenvalue weighted by Crippen LogP contribution is -2.24. The smallest absolute Gasteiger partial charge is 0.163 e. The molecule has 6 nitrogen and oxygen atoms in total. The zero-order chi connectivity index (χ0) is 20.5. The van der Waals surface area contributed by atoms with Crippen LogP contribution < -0.4 is 5.32 Å². The number of allylic oxidation sites excluding steroid dienone is 1. The van der Waals surface area contributed by atoms with Gasteiger partial charge in [0.25, 0.3) is 0 Å². The van der Waals surface area contributed by atoms with Gasteiger partial charge in [-0.1, -0.05) is 41.5 Å². The van der Waals surface area contributed by atoms with Crippen molar-refractivity contribution in [2.75, 3.05) is 5.32 Å². The summed E-state index contributed by atoms with van der Waals surface area (Å²) in [7, 11) is 0. The topological polar surface area (TPSA) is 86.9 Å². The summed E-state index contributed by atoms with van der Waals surface area (Å²) in [5.41, 5.74) is 2.65. The second kappa shape index (κ2) is 7.16. The molecule has 0 bridgehead atoms. The average Bonchev–Trinajstić information content (AvgIpc) is 2.59. The predicted molar refractivity (Wildman–Crippen MR) is 112 cm³/mol. The van der Waals surface area contributed by atoms with Gasteiger partial charge < -0.3 is 5.32 Å². The van der Waals surface area contributed by atoms with Crippen molar-refractivity contribution in [3.8, 4) is 17.5 Å². The Morgan fingerprint density at radius 1 is 0.964 bits per heavy atom. The normalized spacial score (nSPS) is 15.0. The molecule has 144 valence electrons. The fourth-order valence-corrected chi connectivity index (χ4v) is 2.76. The molecule has 0 spiro atoms. The summed E-state index contributed by atoms with van der Waals surface area (Å²) in [6, 6.07) is 6.12. The number of anilines is 1. The Morgan fingerprint density at radius 3 is 2.18 bits per heavy atom. The third-order valence-electron chi connectivity index (χ3n) is 4.38. The summed E-state index contributed by atoms with van der Waals surface area (Å²) in [5, 5.41) is 12.9. The fraction of sp³-hybridized carbons (Fsp3) is 0.409. The largest absolute Gasteiger partial charge is 0.361 e. The second-order valence-corrected chi connectivity index (χ2v) is 8.96. The van der Waals surface area contributed by atoms with Crippen LogP contribution in [-0.2, 0) is 17.4 Å². The standard InChI is InChI=1S/C22H26N6/c1-21(2,3)19-26-18(27-20(28-19)22(4,5)6)14-10-15(12-23)16-13-24-8-7-9-25-17(16)11-14/h7-11,25H,13H2,1-6H3/b9-7-,24-8?. The number of aromatic nitrogens is 3. The molecule has 1 aliphatic heterocycles. The number of aliphatic imine (C=N–C) groups is 1. The Kier molecular flexibility index (Phi) is 5.03. The van der Waals surface area contributed by atoms with Crippen LogP contribution in [-0.4, -0.2) is 21.2 Å². The van der Waals surface area contributed by atoms with Crippen LogP contribution in [0.25, 0.3) is 11.4 Å². The van der Waals surface area contributed by atoms with Gasteiger partial charge in [0.2, 0.25) is 0 Å². The van der Waals surface area contributed by atoms with Crippen molar-refractivity contribution >= 4 is 11.9 Å². The molecule has 0 saturated carbocycles. The van der Waals surface area contributed by atoms with E-state index in [1.54, 1.807) is 12.4 Å². The van der Waals surface area contributed by atoms with Gasteiger partial charge in [-0.2, -0.15) is 5.26 Å². The summed E-state index contributed by atoms with van der Waals surface area (Å²) < 4.78 is 0. The van der Waals surface area contributed by atoms with Crippen molar-refractivity contribution < 1.29 is 0 Å². The first-order chi connectivity index (χ1) is 13.1.